The van der Waals surface area contributed by atoms with E-state index in [1.54, 1.807) is 6.92 Å². The average Bonchev–Trinajstić information content (AvgIpc) is 2.18. The van der Waals surface area contributed by atoms with E-state index in [4.69, 9.17) is 14.6 Å². The first-order valence-corrected chi connectivity index (χ1v) is 5.82. The van der Waals surface area contributed by atoms with E-state index in [9.17, 15) is 15.3 Å². The van der Waals surface area contributed by atoms with Gasteiger partial charge < -0.3 is 29.9 Å². The predicted molar refractivity (Wildman–Crippen MR) is 58.3 cm³/mol. The summed E-state index contributed by atoms with van der Waals surface area (Å²) in [7, 11) is 0. The molecule has 1 fully saturated rings. The first-order valence-electron chi connectivity index (χ1n) is 4.57. The van der Waals surface area contributed by atoms with Gasteiger partial charge in [-0.15, -0.1) is 0 Å². The van der Waals surface area contributed by atoms with E-state index >= 15 is 0 Å². The summed E-state index contributed by atoms with van der Waals surface area (Å²) in [5.74, 6) is 0. The third-order valence-corrected chi connectivity index (χ3v) is 2.46. The van der Waals surface area contributed by atoms with Crippen LogP contribution >= 0.6 is 22.6 Å². The van der Waals surface area contributed by atoms with Crippen LogP contribution in [-0.4, -0.2) is 61.8 Å². The van der Waals surface area contributed by atoms with Gasteiger partial charge in [0, 0.05) is 0 Å². The van der Waals surface area contributed by atoms with Gasteiger partial charge in [0.2, 0.25) is 0 Å². The monoisotopic (exact) mass is 331 g/mol. The Morgan fingerprint density at radius 2 is 1.87 bits per heavy atom. The minimum absolute atomic E-state index is 0.218. The molecule has 7 heteroatoms. The Labute approximate surface area is 101 Å². The average molecular weight is 331 g/mol. The fourth-order valence-corrected chi connectivity index (χ4v) is 1.65. The van der Waals surface area contributed by atoms with Crippen molar-refractivity contribution < 1.29 is 29.9 Å². The molecule has 0 aromatic heterocycles. The van der Waals surface area contributed by atoms with Gasteiger partial charge in [-0.1, -0.05) is 22.6 Å². The van der Waals surface area contributed by atoms with E-state index in [1.807, 2.05) is 22.6 Å². The molecule has 1 aliphatic heterocycles. The molecule has 1 heterocycles. The summed E-state index contributed by atoms with van der Waals surface area (Å²) >= 11 is 1.97. The summed E-state index contributed by atoms with van der Waals surface area (Å²) in [5.41, 5.74) is 0. The number of hydrogen-bond donors (Lipinski definition) is 4. The Hall–Kier alpha value is 0.490. The van der Waals surface area contributed by atoms with Crippen molar-refractivity contribution in [2.75, 3.05) is 6.61 Å². The van der Waals surface area contributed by atoms with Gasteiger partial charge in [-0.25, -0.2) is 0 Å². The molecule has 0 amide bonds. The molecular weight excluding hydrogens is 316 g/mol. The summed E-state index contributed by atoms with van der Waals surface area (Å²) in [5, 5.41) is 37.3. The zero-order chi connectivity index (χ0) is 11.6. The second kappa shape index (κ2) is 5.71. The molecule has 1 saturated heterocycles. The summed E-state index contributed by atoms with van der Waals surface area (Å²) in [4.78, 5) is 0. The largest absolute Gasteiger partial charge is 0.394 e. The molecule has 0 spiro atoms. The molecule has 2 unspecified atom stereocenters. The zero-order valence-electron chi connectivity index (χ0n) is 8.15. The third-order valence-electron chi connectivity index (χ3n) is 2.17. The van der Waals surface area contributed by atoms with E-state index in [2.05, 4.69) is 0 Å². The van der Waals surface area contributed by atoms with Gasteiger partial charge >= 0.3 is 0 Å². The number of alkyl halides is 1. The molecule has 1 aliphatic rings. The van der Waals surface area contributed by atoms with Crippen LogP contribution in [0.1, 0.15) is 6.92 Å². The number of aliphatic hydroxyl groups is 4. The molecular formula is C8H15IO6. The molecule has 1 rings (SSSR count). The smallest absolute Gasteiger partial charge is 0.187 e. The number of rotatable bonds is 3. The maximum atomic E-state index is 9.53. The summed E-state index contributed by atoms with van der Waals surface area (Å²) in [6.45, 7) is 1.29. The van der Waals surface area contributed by atoms with Gasteiger partial charge in [0.1, 0.15) is 28.5 Å². The third kappa shape index (κ3) is 3.22. The highest BCUT2D eigenvalue weighted by molar-refractivity contribution is 14.1. The van der Waals surface area contributed by atoms with Crippen LogP contribution in [0.3, 0.4) is 0 Å². The molecule has 0 saturated carbocycles. The van der Waals surface area contributed by atoms with Crippen LogP contribution in [0.2, 0.25) is 0 Å². The second-order valence-corrected chi connectivity index (χ2v) is 5.13. The van der Waals surface area contributed by atoms with Crippen molar-refractivity contribution in [3.05, 3.63) is 0 Å². The Kier molecular flexibility index (Phi) is 5.16. The minimum atomic E-state index is -1.38. The highest BCUT2D eigenvalue weighted by Crippen LogP contribution is 2.23. The number of hydrogen-bond acceptors (Lipinski definition) is 6. The van der Waals surface area contributed by atoms with E-state index in [0.717, 1.165) is 0 Å². The predicted octanol–water partition coefficient (Wildman–Crippen LogP) is -1.42. The Balaban J connectivity index is 2.65. The standard InChI is InChI=1S/C8H15IO6/c1-3(9)14-8-7(13)6(12)5(11)4(2-10)15-8/h3-8,10-13H,2H2,1H3/t3?,4-,5-,6+,7+,8?/m1/s1/i9-3. The summed E-state index contributed by atoms with van der Waals surface area (Å²) in [6, 6.07) is 0. The summed E-state index contributed by atoms with van der Waals surface area (Å²) in [6.07, 6.45) is -5.98. The van der Waals surface area contributed by atoms with Crippen LogP contribution in [0.15, 0.2) is 0 Å². The van der Waals surface area contributed by atoms with Crippen molar-refractivity contribution in [3.8, 4) is 0 Å². The normalized spacial score (nSPS) is 44.0. The lowest BCUT2D eigenvalue weighted by molar-refractivity contribution is -0.301. The zero-order valence-corrected chi connectivity index (χ0v) is 10.3. The summed E-state index contributed by atoms with van der Waals surface area (Å²) < 4.78 is 10.1. The van der Waals surface area contributed by atoms with Crippen LogP contribution in [0.25, 0.3) is 0 Å². The lowest BCUT2D eigenvalue weighted by Crippen LogP contribution is -2.59. The van der Waals surface area contributed by atoms with Crippen LogP contribution in [-0.2, 0) is 9.47 Å². The molecule has 4 N–H and O–H groups in total. The Bertz CT molecular complexity index is 200. The van der Waals surface area contributed by atoms with Crippen molar-refractivity contribution in [1.82, 2.24) is 0 Å². The van der Waals surface area contributed by atoms with Gasteiger partial charge in [0.25, 0.3) is 0 Å². The van der Waals surface area contributed by atoms with Gasteiger partial charge in [-0.05, 0) is 6.92 Å². The Morgan fingerprint density at radius 3 is 2.33 bits per heavy atom. The molecule has 0 bridgehead atoms. The molecule has 6 atom stereocenters. The van der Waals surface area contributed by atoms with Crippen molar-refractivity contribution in [1.29, 1.82) is 0 Å². The van der Waals surface area contributed by atoms with Crippen LogP contribution < -0.4 is 0 Å². The maximum absolute atomic E-state index is 9.53. The van der Waals surface area contributed by atoms with Crippen LogP contribution in [0.5, 0.6) is 0 Å². The van der Waals surface area contributed by atoms with Crippen molar-refractivity contribution in [2.45, 2.75) is 41.7 Å². The quantitative estimate of drug-likeness (QED) is 0.374. The number of ether oxygens (including phenoxy) is 2. The second-order valence-electron chi connectivity index (χ2n) is 3.38. The van der Waals surface area contributed by atoms with E-state index in [-0.39, 0.29) is 4.11 Å². The molecule has 0 aliphatic carbocycles. The molecule has 90 valence electrons. The van der Waals surface area contributed by atoms with Crippen molar-refractivity contribution in [3.63, 3.8) is 0 Å². The van der Waals surface area contributed by atoms with E-state index in [0.29, 0.717) is 0 Å². The number of halogens is 1. The van der Waals surface area contributed by atoms with E-state index in [1.165, 1.54) is 0 Å². The van der Waals surface area contributed by atoms with Gasteiger partial charge in [-0.2, -0.15) is 0 Å². The van der Waals surface area contributed by atoms with Crippen LogP contribution in [0.4, 0.5) is 0 Å². The molecule has 0 radical (unpaired) electrons. The lowest BCUT2D eigenvalue weighted by Gasteiger charge is -2.39. The van der Waals surface area contributed by atoms with Gasteiger partial charge in [-0.3, -0.25) is 0 Å². The first-order chi connectivity index (χ1) is 6.97. The topological polar surface area (TPSA) is 99.4 Å². The number of aliphatic hydroxyl groups excluding tert-OH is 4. The first kappa shape index (κ1) is 13.6. The molecule has 0 aromatic rings. The van der Waals surface area contributed by atoms with Crippen molar-refractivity contribution >= 4 is 22.6 Å². The lowest BCUT2D eigenvalue weighted by atomic mass is 9.99. The van der Waals surface area contributed by atoms with E-state index < -0.39 is 37.3 Å². The molecule has 0 aromatic carbocycles. The van der Waals surface area contributed by atoms with Crippen LogP contribution in [0, 0.1) is 0 Å². The fourth-order valence-electron chi connectivity index (χ4n) is 1.36. The SMILES string of the molecule is CC([124I])OC1O[C@H](CO)[C@@H](O)[C@H](O)[C@@H]1O. The minimum Gasteiger partial charge on any atom is -0.394 e. The van der Waals surface area contributed by atoms with Gasteiger partial charge in [0.05, 0.1) is 6.61 Å². The molecule has 6 nitrogen and oxygen atoms in total. The van der Waals surface area contributed by atoms with Crippen molar-refractivity contribution in [2.24, 2.45) is 0 Å². The highest BCUT2D eigenvalue weighted by atomic mass is 124. The maximum Gasteiger partial charge on any atom is 0.187 e. The fraction of sp³-hybridized carbons (Fsp3) is 1.00. The Morgan fingerprint density at radius 1 is 1.27 bits per heavy atom. The highest BCUT2D eigenvalue weighted by Gasteiger charge is 2.44. The molecule has 15 heavy (non-hydrogen) atoms. The van der Waals surface area contributed by atoms with Gasteiger partial charge in [0.15, 0.2) is 6.29 Å².